The molecule has 2 aromatic rings. The molecule has 5 heteroatoms. The third-order valence-corrected chi connectivity index (χ3v) is 3.19. The lowest BCUT2D eigenvalue weighted by Crippen LogP contribution is -2.20. The summed E-state index contributed by atoms with van der Waals surface area (Å²) in [5, 5.41) is 2.62. The smallest absolute Gasteiger partial charge is 0.262 e. The molecule has 0 unspecified atom stereocenters. The average molecular weight is 338 g/mol. The maximum atomic E-state index is 12.7. The Hall–Kier alpha value is -1.88. The van der Waals surface area contributed by atoms with Crippen LogP contribution >= 0.6 is 15.9 Å². The van der Waals surface area contributed by atoms with Crippen molar-refractivity contribution in [3.8, 4) is 5.75 Å². The molecule has 1 N–H and O–H groups in total. The molecule has 0 aliphatic heterocycles. The number of ether oxygens (including phenoxy) is 1. The molecule has 0 spiro atoms. The molecule has 104 valence electrons. The zero-order chi connectivity index (χ0) is 14.5. The fourth-order valence-corrected chi connectivity index (χ4v) is 2.20. The number of hydrogen-bond acceptors (Lipinski definition) is 2. The molecule has 0 aliphatic carbocycles. The number of amides is 1. The molecular weight excluding hydrogens is 325 g/mol. The summed E-state index contributed by atoms with van der Waals surface area (Å²) in [5.41, 5.74) is 1.63. The van der Waals surface area contributed by atoms with Gasteiger partial charge in [-0.15, -0.1) is 0 Å². The molecule has 20 heavy (non-hydrogen) atoms. The van der Waals surface area contributed by atoms with E-state index in [2.05, 4.69) is 21.2 Å². The van der Waals surface area contributed by atoms with Crippen molar-refractivity contribution >= 4 is 27.5 Å². The van der Waals surface area contributed by atoms with Crippen LogP contribution < -0.4 is 10.1 Å². The molecular formula is C15H13BrFNO2. The van der Waals surface area contributed by atoms with Crippen LogP contribution in [-0.2, 0) is 4.79 Å². The third-order valence-electron chi connectivity index (χ3n) is 2.57. The number of aryl methyl sites for hydroxylation is 1. The molecule has 0 radical (unpaired) electrons. The summed E-state index contributed by atoms with van der Waals surface area (Å²) in [4.78, 5) is 11.7. The van der Waals surface area contributed by atoms with E-state index in [1.807, 2.05) is 19.1 Å². The summed E-state index contributed by atoms with van der Waals surface area (Å²) in [6.45, 7) is 1.86. The topological polar surface area (TPSA) is 38.3 Å². The van der Waals surface area contributed by atoms with Crippen LogP contribution in [0.2, 0.25) is 0 Å². The quantitative estimate of drug-likeness (QED) is 0.918. The molecule has 3 nitrogen and oxygen atoms in total. The van der Waals surface area contributed by atoms with Crippen molar-refractivity contribution in [2.75, 3.05) is 11.9 Å². The van der Waals surface area contributed by atoms with E-state index < -0.39 is 0 Å². The standard InChI is InChI=1S/C15H13BrFNO2/c1-10-2-7-14(13(16)8-10)20-9-15(19)18-12-5-3-11(17)4-6-12/h2-8H,9H2,1H3,(H,18,19). The summed E-state index contributed by atoms with van der Waals surface area (Å²) in [6.07, 6.45) is 0. The first kappa shape index (κ1) is 14.5. The van der Waals surface area contributed by atoms with Crippen molar-refractivity contribution in [2.45, 2.75) is 6.92 Å². The van der Waals surface area contributed by atoms with Crippen LogP contribution in [0.3, 0.4) is 0 Å². The zero-order valence-electron chi connectivity index (χ0n) is 10.8. The molecule has 0 saturated carbocycles. The van der Waals surface area contributed by atoms with Crippen LogP contribution in [0.25, 0.3) is 0 Å². The Kier molecular flexibility index (Phi) is 4.74. The van der Waals surface area contributed by atoms with E-state index in [9.17, 15) is 9.18 Å². The summed E-state index contributed by atoms with van der Waals surface area (Å²) < 4.78 is 18.9. The minimum atomic E-state index is -0.345. The van der Waals surface area contributed by atoms with E-state index in [1.54, 1.807) is 6.07 Å². The van der Waals surface area contributed by atoms with Crippen LogP contribution in [0.5, 0.6) is 5.75 Å². The van der Waals surface area contributed by atoms with Gasteiger partial charge in [-0.05, 0) is 64.8 Å². The normalized spacial score (nSPS) is 10.2. The van der Waals surface area contributed by atoms with Crippen molar-refractivity contribution in [1.29, 1.82) is 0 Å². The van der Waals surface area contributed by atoms with E-state index in [-0.39, 0.29) is 18.3 Å². The number of rotatable bonds is 4. The Balaban J connectivity index is 1.90. The summed E-state index contributed by atoms with van der Waals surface area (Å²) in [5.74, 6) is -0.0447. The lowest BCUT2D eigenvalue weighted by molar-refractivity contribution is -0.118. The van der Waals surface area contributed by atoms with Gasteiger partial charge in [-0.3, -0.25) is 4.79 Å². The van der Waals surface area contributed by atoms with Crippen LogP contribution in [0.4, 0.5) is 10.1 Å². The zero-order valence-corrected chi connectivity index (χ0v) is 12.4. The number of benzene rings is 2. The summed E-state index contributed by atoms with van der Waals surface area (Å²) in [7, 11) is 0. The molecule has 1 amide bonds. The number of halogens is 2. The molecule has 0 bridgehead atoms. The second-order valence-corrected chi connectivity index (χ2v) is 5.13. The van der Waals surface area contributed by atoms with E-state index in [4.69, 9.17) is 4.74 Å². The van der Waals surface area contributed by atoms with Crippen LogP contribution in [0.15, 0.2) is 46.9 Å². The summed E-state index contributed by atoms with van der Waals surface area (Å²) >= 11 is 3.37. The van der Waals surface area contributed by atoms with Gasteiger partial charge in [0.25, 0.3) is 5.91 Å². The highest BCUT2D eigenvalue weighted by Gasteiger charge is 2.06. The fraction of sp³-hybridized carbons (Fsp3) is 0.133. The monoisotopic (exact) mass is 337 g/mol. The predicted octanol–water partition coefficient (Wildman–Crippen LogP) is 3.91. The van der Waals surface area contributed by atoms with Crippen LogP contribution in [0.1, 0.15) is 5.56 Å². The second-order valence-electron chi connectivity index (χ2n) is 4.28. The highest BCUT2D eigenvalue weighted by molar-refractivity contribution is 9.10. The molecule has 0 aromatic heterocycles. The van der Waals surface area contributed by atoms with E-state index >= 15 is 0 Å². The van der Waals surface area contributed by atoms with Gasteiger partial charge in [-0.25, -0.2) is 4.39 Å². The fourth-order valence-electron chi connectivity index (χ4n) is 1.60. The molecule has 0 fully saturated rings. The van der Waals surface area contributed by atoms with Gasteiger partial charge in [-0.1, -0.05) is 6.07 Å². The molecule has 2 rings (SSSR count). The number of nitrogens with one attached hydrogen (secondary N) is 1. The van der Waals surface area contributed by atoms with Gasteiger partial charge in [0.2, 0.25) is 0 Å². The van der Waals surface area contributed by atoms with Gasteiger partial charge in [0.1, 0.15) is 11.6 Å². The Bertz CT molecular complexity index is 614. The number of anilines is 1. The molecule has 2 aromatic carbocycles. The maximum absolute atomic E-state index is 12.7. The van der Waals surface area contributed by atoms with E-state index in [0.29, 0.717) is 11.4 Å². The Morgan fingerprint density at radius 2 is 1.95 bits per heavy atom. The van der Waals surface area contributed by atoms with Crippen molar-refractivity contribution < 1.29 is 13.9 Å². The van der Waals surface area contributed by atoms with Crippen molar-refractivity contribution in [1.82, 2.24) is 0 Å². The Morgan fingerprint density at radius 1 is 1.25 bits per heavy atom. The molecule has 0 saturated heterocycles. The first-order valence-corrected chi connectivity index (χ1v) is 6.78. The van der Waals surface area contributed by atoms with E-state index in [0.717, 1.165) is 10.0 Å². The van der Waals surface area contributed by atoms with Gasteiger partial charge in [0, 0.05) is 5.69 Å². The average Bonchev–Trinajstić information content (AvgIpc) is 2.40. The highest BCUT2D eigenvalue weighted by atomic mass is 79.9. The minimum Gasteiger partial charge on any atom is -0.483 e. The molecule has 0 atom stereocenters. The lowest BCUT2D eigenvalue weighted by atomic mass is 10.2. The third kappa shape index (κ3) is 4.06. The number of carbonyl (C=O) groups is 1. The van der Waals surface area contributed by atoms with Gasteiger partial charge in [0.15, 0.2) is 6.61 Å². The van der Waals surface area contributed by atoms with E-state index in [1.165, 1.54) is 24.3 Å². The van der Waals surface area contributed by atoms with Gasteiger partial charge in [0.05, 0.1) is 4.47 Å². The van der Waals surface area contributed by atoms with Crippen molar-refractivity contribution in [2.24, 2.45) is 0 Å². The van der Waals surface area contributed by atoms with Crippen molar-refractivity contribution in [3.05, 3.63) is 58.3 Å². The molecule has 0 aliphatic rings. The number of carbonyl (C=O) groups excluding carboxylic acids is 1. The minimum absolute atomic E-state index is 0.112. The van der Waals surface area contributed by atoms with Gasteiger partial charge < -0.3 is 10.1 Å². The van der Waals surface area contributed by atoms with Gasteiger partial charge in [-0.2, -0.15) is 0 Å². The second kappa shape index (κ2) is 6.52. The van der Waals surface area contributed by atoms with Crippen molar-refractivity contribution in [3.63, 3.8) is 0 Å². The molecule has 0 heterocycles. The summed E-state index contributed by atoms with van der Waals surface area (Å²) in [6, 6.07) is 11.2. The first-order chi connectivity index (χ1) is 9.54. The van der Waals surface area contributed by atoms with Gasteiger partial charge >= 0.3 is 0 Å². The number of hydrogen-bond donors (Lipinski definition) is 1. The Morgan fingerprint density at radius 3 is 2.60 bits per heavy atom. The SMILES string of the molecule is Cc1ccc(OCC(=O)Nc2ccc(F)cc2)c(Br)c1. The van der Waals surface area contributed by atoms with Crippen LogP contribution in [-0.4, -0.2) is 12.5 Å². The Labute approximate surface area is 124 Å². The van der Waals surface area contributed by atoms with Crippen LogP contribution in [0, 0.1) is 12.7 Å². The largest absolute Gasteiger partial charge is 0.483 e. The highest BCUT2D eigenvalue weighted by Crippen LogP contribution is 2.25. The first-order valence-electron chi connectivity index (χ1n) is 5.99. The lowest BCUT2D eigenvalue weighted by Gasteiger charge is -2.09. The maximum Gasteiger partial charge on any atom is 0.262 e. The predicted molar refractivity (Wildman–Crippen MR) is 79.4 cm³/mol.